The topological polar surface area (TPSA) is 38.7 Å². The molecule has 4 heteroatoms. The van der Waals surface area contributed by atoms with E-state index in [1.807, 2.05) is 6.07 Å². The van der Waals surface area contributed by atoms with Gasteiger partial charge in [0.25, 0.3) is 0 Å². The first-order valence-corrected chi connectivity index (χ1v) is 21.4. The van der Waals surface area contributed by atoms with Crippen LogP contribution in [0.4, 0.5) is 0 Å². The average Bonchev–Trinajstić information content (AvgIpc) is 3.72. The third-order valence-corrected chi connectivity index (χ3v) is 13.1. The number of hydrogen-bond acceptors (Lipinski definition) is 4. The van der Waals surface area contributed by atoms with Crippen molar-refractivity contribution in [2.24, 2.45) is 0 Å². The fourth-order valence-corrected chi connectivity index (χ4v) is 10.2. The molecule has 0 aliphatic rings. The Labute approximate surface area is 356 Å². The molecule has 2 aromatic heterocycles. The minimum Gasteiger partial charge on any atom is -0.208 e. The Bertz CT molecular complexity index is 3570. The molecule has 0 aliphatic carbocycles. The minimum absolute atomic E-state index is 0.643. The molecule has 0 amide bonds. The van der Waals surface area contributed by atoms with E-state index >= 15 is 0 Å². The summed E-state index contributed by atoms with van der Waals surface area (Å²) in [4.78, 5) is 15.6. The van der Waals surface area contributed by atoms with Gasteiger partial charge < -0.3 is 0 Å². The van der Waals surface area contributed by atoms with E-state index in [2.05, 4.69) is 206 Å². The largest absolute Gasteiger partial charge is 0.208 e. The summed E-state index contributed by atoms with van der Waals surface area (Å²) in [6.45, 7) is 0. The Kier molecular flexibility index (Phi) is 8.36. The van der Waals surface area contributed by atoms with Crippen molar-refractivity contribution in [1.29, 1.82) is 0 Å². The summed E-state index contributed by atoms with van der Waals surface area (Å²) in [6.07, 6.45) is 0. The van der Waals surface area contributed by atoms with E-state index in [9.17, 15) is 0 Å². The molecule has 0 atom stereocenters. The molecule has 61 heavy (non-hydrogen) atoms. The van der Waals surface area contributed by atoms with Gasteiger partial charge in [0, 0.05) is 36.9 Å². The molecule has 0 saturated heterocycles. The fourth-order valence-electron chi connectivity index (χ4n) is 9.02. The van der Waals surface area contributed by atoms with Gasteiger partial charge in [0.2, 0.25) is 0 Å². The van der Waals surface area contributed by atoms with Crippen LogP contribution in [0.2, 0.25) is 0 Å². The van der Waals surface area contributed by atoms with Gasteiger partial charge in [0.05, 0.1) is 0 Å². The van der Waals surface area contributed by atoms with Crippen molar-refractivity contribution < 1.29 is 0 Å². The van der Waals surface area contributed by atoms with Crippen LogP contribution in [-0.4, -0.2) is 15.0 Å². The summed E-state index contributed by atoms with van der Waals surface area (Å²) in [5, 5.41) is 9.72. The lowest BCUT2D eigenvalue weighted by molar-refractivity contribution is 1.08. The van der Waals surface area contributed by atoms with Crippen LogP contribution in [-0.2, 0) is 0 Å². The number of nitrogens with zero attached hydrogens (tertiary/aromatic N) is 3. The van der Waals surface area contributed by atoms with E-state index in [0.717, 1.165) is 33.0 Å². The van der Waals surface area contributed by atoms with E-state index in [-0.39, 0.29) is 0 Å². The van der Waals surface area contributed by atoms with Gasteiger partial charge in [-0.15, -0.1) is 11.3 Å². The second kappa shape index (κ2) is 14.5. The zero-order valence-corrected chi connectivity index (χ0v) is 33.8. The summed E-state index contributed by atoms with van der Waals surface area (Å²) >= 11 is 1.79. The van der Waals surface area contributed by atoms with Crippen molar-refractivity contribution in [1.82, 2.24) is 15.0 Å². The van der Waals surface area contributed by atoms with Gasteiger partial charge in [-0.2, -0.15) is 0 Å². The number of rotatable bonds is 6. The van der Waals surface area contributed by atoms with Crippen LogP contribution < -0.4 is 0 Å². The molecule has 10 aromatic carbocycles. The normalized spacial score (nSPS) is 11.6. The van der Waals surface area contributed by atoms with Crippen LogP contribution in [0.5, 0.6) is 0 Å². The second-order valence-corrected chi connectivity index (χ2v) is 16.6. The maximum Gasteiger partial charge on any atom is 0.165 e. The predicted molar refractivity (Wildman–Crippen MR) is 258 cm³/mol. The molecule has 0 radical (unpaired) electrons. The van der Waals surface area contributed by atoms with Gasteiger partial charge in [-0.05, 0) is 90.0 Å². The number of aromatic nitrogens is 3. The third-order valence-electron chi connectivity index (χ3n) is 11.9. The van der Waals surface area contributed by atoms with Crippen LogP contribution in [0, 0.1) is 0 Å². The average molecular weight is 794 g/mol. The highest BCUT2D eigenvalue weighted by Crippen LogP contribution is 2.45. The van der Waals surface area contributed by atoms with E-state index < -0.39 is 0 Å². The molecule has 0 N–H and O–H groups in total. The SMILES string of the molecule is c1ccc(-c2ccc(-c3nc(-c4ccc5cc(-c6c7ccccc7c(-c7ccccc7)c7ccccc67)ccc5c4)nc(-c4cccc5c4sc4ccccc45)n3)cc2)cc1. The van der Waals surface area contributed by atoms with Crippen LogP contribution in [0.1, 0.15) is 0 Å². The monoisotopic (exact) mass is 793 g/mol. The third kappa shape index (κ3) is 6.07. The van der Waals surface area contributed by atoms with Crippen molar-refractivity contribution in [3.8, 4) is 67.5 Å². The first-order chi connectivity index (χ1) is 30.2. The van der Waals surface area contributed by atoms with Crippen molar-refractivity contribution in [2.75, 3.05) is 0 Å². The number of thiophene rings is 1. The van der Waals surface area contributed by atoms with E-state index in [4.69, 9.17) is 15.0 Å². The fraction of sp³-hybridized carbons (Fsp3) is 0. The van der Waals surface area contributed by atoms with Crippen LogP contribution in [0.15, 0.2) is 212 Å². The molecule has 0 aliphatic heterocycles. The standard InChI is InChI=1S/C57H35N3S/c1-3-14-36(15-4-1)37-26-28-39(29-27-37)55-58-56(60-57(59-55)50-24-13-23-49-44-18-11-12-25-51(44)61-54(49)50)43-33-31-40-34-42(32-30-41(40)35-43)53-47-21-9-7-19-45(47)52(38-16-5-2-6-17-38)46-20-8-10-22-48(46)53/h1-35H. The van der Waals surface area contributed by atoms with E-state index in [1.165, 1.54) is 69.5 Å². The molecule has 0 saturated carbocycles. The first-order valence-electron chi connectivity index (χ1n) is 20.6. The van der Waals surface area contributed by atoms with Gasteiger partial charge in [-0.25, -0.2) is 15.0 Å². The van der Waals surface area contributed by atoms with E-state index in [1.54, 1.807) is 11.3 Å². The molecular formula is C57H35N3S. The van der Waals surface area contributed by atoms with Crippen molar-refractivity contribution >= 4 is 63.8 Å². The molecule has 0 fully saturated rings. The molecule has 0 unspecified atom stereocenters. The van der Waals surface area contributed by atoms with Crippen LogP contribution >= 0.6 is 11.3 Å². The quantitative estimate of drug-likeness (QED) is 0.157. The molecule has 0 spiro atoms. The number of benzene rings is 10. The number of fused-ring (bicyclic) bond motifs is 6. The Morgan fingerprint density at radius 1 is 0.279 bits per heavy atom. The van der Waals surface area contributed by atoms with Gasteiger partial charge in [0.15, 0.2) is 17.5 Å². The summed E-state index contributed by atoms with van der Waals surface area (Å²) in [5.41, 5.74) is 10.1. The maximum absolute atomic E-state index is 5.24. The summed E-state index contributed by atoms with van der Waals surface area (Å²) in [6, 6.07) is 75.9. The molecule has 2 heterocycles. The van der Waals surface area contributed by atoms with Gasteiger partial charge >= 0.3 is 0 Å². The summed E-state index contributed by atoms with van der Waals surface area (Å²) < 4.78 is 2.42. The van der Waals surface area contributed by atoms with Crippen LogP contribution in [0.25, 0.3) is 120 Å². The molecule has 284 valence electrons. The van der Waals surface area contributed by atoms with Gasteiger partial charge in [-0.3, -0.25) is 0 Å². The van der Waals surface area contributed by atoms with Crippen molar-refractivity contribution in [2.45, 2.75) is 0 Å². The minimum atomic E-state index is 0.643. The predicted octanol–water partition coefficient (Wildman–Crippen LogP) is 15.7. The van der Waals surface area contributed by atoms with Crippen LogP contribution in [0.3, 0.4) is 0 Å². The first kappa shape index (κ1) is 35.2. The lowest BCUT2D eigenvalue weighted by atomic mass is 9.85. The molecule has 12 rings (SSSR count). The molecule has 3 nitrogen and oxygen atoms in total. The molecule has 12 aromatic rings. The maximum atomic E-state index is 5.24. The highest BCUT2D eigenvalue weighted by atomic mass is 32.1. The van der Waals surface area contributed by atoms with E-state index in [0.29, 0.717) is 17.5 Å². The second-order valence-electron chi connectivity index (χ2n) is 15.5. The highest BCUT2D eigenvalue weighted by molar-refractivity contribution is 7.26. The smallest absolute Gasteiger partial charge is 0.165 e. The molecule has 0 bridgehead atoms. The van der Waals surface area contributed by atoms with Crippen molar-refractivity contribution in [3.05, 3.63) is 212 Å². The Morgan fingerprint density at radius 2 is 0.721 bits per heavy atom. The Morgan fingerprint density at radius 3 is 1.38 bits per heavy atom. The van der Waals surface area contributed by atoms with Gasteiger partial charge in [-0.1, -0.05) is 188 Å². The molecular weight excluding hydrogens is 759 g/mol. The summed E-state index contributed by atoms with van der Waals surface area (Å²) in [5.74, 6) is 1.95. The zero-order chi connectivity index (χ0) is 40.3. The Balaban J connectivity index is 1.00. The van der Waals surface area contributed by atoms with Gasteiger partial charge in [0.1, 0.15) is 0 Å². The number of hydrogen-bond donors (Lipinski definition) is 0. The Hall–Kier alpha value is -7.79. The summed E-state index contributed by atoms with van der Waals surface area (Å²) in [7, 11) is 0. The highest BCUT2D eigenvalue weighted by Gasteiger charge is 2.19. The zero-order valence-electron chi connectivity index (χ0n) is 33.0. The van der Waals surface area contributed by atoms with Crippen molar-refractivity contribution in [3.63, 3.8) is 0 Å². The lowest BCUT2D eigenvalue weighted by Gasteiger charge is -2.18. The lowest BCUT2D eigenvalue weighted by Crippen LogP contribution is -2.00.